The lowest BCUT2D eigenvalue weighted by molar-refractivity contribution is -0.278. The van der Waals surface area contributed by atoms with Crippen molar-refractivity contribution in [2.45, 2.75) is 63.2 Å². The SMILES string of the molecule is COc1ccc(Cc2c(O[C@@H]3O[C@H](CO)[C@@H](O)[C@H](O)[C@H]3O)nn(C(C)C)c2-c2ccc(OCC(F)(F)F)cc2)cc1. The van der Waals surface area contributed by atoms with Crippen molar-refractivity contribution in [3.63, 3.8) is 0 Å². The van der Waals surface area contributed by atoms with Crippen LogP contribution in [0.2, 0.25) is 0 Å². The van der Waals surface area contributed by atoms with E-state index in [0.29, 0.717) is 22.6 Å². The number of halogens is 3. The van der Waals surface area contributed by atoms with Gasteiger partial charge in [0, 0.05) is 23.6 Å². The van der Waals surface area contributed by atoms with Gasteiger partial charge in [-0.2, -0.15) is 13.2 Å². The fourth-order valence-corrected chi connectivity index (χ4v) is 4.48. The summed E-state index contributed by atoms with van der Waals surface area (Å²) in [6.07, 6.45) is -11.7. The molecule has 1 fully saturated rings. The quantitative estimate of drug-likeness (QED) is 0.285. The summed E-state index contributed by atoms with van der Waals surface area (Å²) in [6.45, 7) is 1.71. The highest BCUT2D eigenvalue weighted by Gasteiger charge is 2.45. The molecule has 4 N–H and O–H groups in total. The number of rotatable bonds is 10. The Morgan fingerprint density at radius 3 is 2.15 bits per heavy atom. The lowest BCUT2D eigenvalue weighted by Crippen LogP contribution is -2.60. The fourth-order valence-electron chi connectivity index (χ4n) is 4.48. The van der Waals surface area contributed by atoms with Gasteiger partial charge in [-0.25, -0.2) is 0 Å². The van der Waals surface area contributed by atoms with Crippen LogP contribution in [0.4, 0.5) is 13.2 Å². The molecule has 2 heterocycles. The summed E-state index contributed by atoms with van der Waals surface area (Å²) in [5.74, 6) is 0.751. The smallest absolute Gasteiger partial charge is 0.422 e. The Hall–Kier alpha value is -3.36. The third kappa shape index (κ3) is 7.11. The summed E-state index contributed by atoms with van der Waals surface area (Å²) in [5, 5.41) is 45.2. The van der Waals surface area contributed by atoms with E-state index in [9.17, 15) is 33.6 Å². The molecule has 5 atom stereocenters. The number of nitrogens with zero attached hydrogens (tertiary/aromatic N) is 2. The third-order valence-electron chi connectivity index (χ3n) is 6.61. The maximum absolute atomic E-state index is 12.6. The van der Waals surface area contributed by atoms with Crippen molar-refractivity contribution < 1.29 is 52.5 Å². The summed E-state index contributed by atoms with van der Waals surface area (Å²) in [6, 6.07) is 13.1. The second-order valence-corrected chi connectivity index (χ2v) is 9.94. The molecule has 3 aromatic rings. The van der Waals surface area contributed by atoms with E-state index >= 15 is 0 Å². The molecule has 1 aliphatic rings. The van der Waals surface area contributed by atoms with Crippen LogP contribution < -0.4 is 14.2 Å². The first kappa shape index (κ1) is 30.6. The Labute approximate surface area is 234 Å². The highest BCUT2D eigenvalue weighted by atomic mass is 19.4. The second kappa shape index (κ2) is 12.7. The first-order valence-corrected chi connectivity index (χ1v) is 12.9. The lowest BCUT2D eigenvalue weighted by atomic mass is 9.99. The van der Waals surface area contributed by atoms with E-state index in [2.05, 4.69) is 5.10 Å². The maximum Gasteiger partial charge on any atom is 0.422 e. The average Bonchev–Trinajstić information content (AvgIpc) is 3.30. The Bertz CT molecular complexity index is 1280. The van der Waals surface area contributed by atoms with Crippen molar-refractivity contribution in [3.8, 4) is 28.6 Å². The average molecular weight is 583 g/mol. The van der Waals surface area contributed by atoms with Gasteiger partial charge >= 0.3 is 6.18 Å². The van der Waals surface area contributed by atoms with E-state index in [-0.39, 0.29) is 24.1 Å². The third-order valence-corrected chi connectivity index (χ3v) is 6.61. The summed E-state index contributed by atoms with van der Waals surface area (Å²) >= 11 is 0. The fraction of sp³-hybridized carbons (Fsp3) is 0.464. The minimum atomic E-state index is -4.48. The Balaban J connectivity index is 1.76. The molecule has 0 bridgehead atoms. The van der Waals surface area contributed by atoms with E-state index < -0.39 is 50.1 Å². The number of alkyl halides is 3. The molecule has 4 rings (SSSR count). The predicted molar refractivity (Wildman–Crippen MR) is 140 cm³/mol. The Morgan fingerprint density at radius 2 is 1.59 bits per heavy atom. The monoisotopic (exact) mass is 582 g/mol. The minimum Gasteiger partial charge on any atom is -0.497 e. The molecule has 0 amide bonds. The molecule has 10 nitrogen and oxygen atoms in total. The Kier molecular flexibility index (Phi) is 9.44. The van der Waals surface area contributed by atoms with Crippen LogP contribution in [0.1, 0.15) is 31.0 Å². The molecule has 1 aromatic heterocycles. The van der Waals surface area contributed by atoms with Crippen molar-refractivity contribution in [3.05, 3.63) is 59.7 Å². The molecule has 0 radical (unpaired) electrons. The van der Waals surface area contributed by atoms with Gasteiger partial charge in [0.05, 0.1) is 19.4 Å². The predicted octanol–water partition coefficient (Wildman–Crippen LogP) is 2.85. The molecule has 41 heavy (non-hydrogen) atoms. The molecule has 13 heteroatoms. The van der Waals surface area contributed by atoms with Crippen molar-refractivity contribution in [2.24, 2.45) is 0 Å². The molecule has 0 aliphatic carbocycles. The molecular weight excluding hydrogens is 549 g/mol. The highest BCUT2D eigenvalue weighted by molar-refractivity contribution is 5.68. The summed E-state index contributed by atoms with van der Waals surface area (Å²) in [5.41, 5.74) is 2.61. The highest BCUT2D eigenvalue weighted by Crippen LogP contribution is 2.37. The van der Waals surface area contributed by atoms with E-state index in [1.54, 1.807) is 36.1 Å². The maximum atomic E-state index is 12.6. The van der Waals surface area contributed by atoms with Crippen LogP contribution in [0, 0.1) is 0 Å². The van der Waals surface area contributed by atoms with Gasteiger partial charge in [0.2, 0.25) is 12.2 Å². The summed E-state index contributed by atoms with van der Waals surface area (Å²) < 4.78 is 61.2. The van der Waals surface area contributed by atoms with Gasteiger partial charge in [-0.05, 0) is 55.8 Å². The number of benzene rings is 2. The molecule has 0 spiro atoms. The van der Waals surface area contributed by atoms with Crippen LogP contribution in [0.25, 0.3) is 11.3 Å². The topological polar surface area (TPSA) is 136 Å². The normalized spacial score (nSPS) is 23.0. The minimum absolute atomic E-state index is 0.0381. The van der Waals surface area contributed by atoms with Crippen LogP contribution in [0.15, 0.2) is 48.5 Å². The van der Waals surface area contributed by atoms with Gasteiger partial charge in [0.1, 0.15) is 35.9 Å². The molecule has 0 saturated carbocycles. The van der Waals surface area contributed by atoms with Gasteiger partial charge in [-0.1, -0.05) is 12.1 Å². The zero-order chi connectivity index (χ0) is 29.9. The molecule has 2 aromatic carbocycles. The van der Waals surface area contributed by atoms with Crippen LogP contribution >= 0.6 is 0 Å². The van der Waals surface area contributed by atoms with Crippen LogP contribution in [-0.4, -0.2) is 87.4 Å². The number of hydrogen-bond donors (Lipinski definition) is 4. The van der Waals surface area contributed by atoms with E-state index in [0.717, 1.165) is 5.56 Å². The second-order valence-electron chi connectivity index (χ2n) is 9.94. The number of ether oxygens (including phenoxy) is 4. The van der Waals surface area contributed by atoms with Crippen LogP contribution in [0.3, 0.4) is 0 Å². The van der Waals surface area contributed by atoms with Crippen molar-refractivity contribution in [1.82, 2.24) is 9.78 Å². The number of aromatic nitrogens is 2. The van der Waals surface area contributed by atoms with Crippen LogP contribution in [-0.2, 0) is 11.2 Å². The first-order chi connectivity index (χ1) is 19.4. The van der Waals surface area contributed by atoms with Gasteiger partial charge in [0.25, 0.3) is 0 Å². The molecule has 0 unspecified atom stereocenters. The molecular formula is C28H33F3N2O8. The van der Waals surface area contributed by atoms with Gasteiger partial charge < -0.3 is 39.4 Å². The van der Waals surface area contributed by atoms with Crippen molar-refractivity contribution >= 4 is 0 Å². The summed E-state index contributed by atoms with van der Waals surface area (Å²) in [7, 11) is 1.55. The van der Waals surface area contributed by atoms with Crippen molar-refractivity contribution in [2.75, 3.05) is 20.3 Å². The van der Waals surface area contributed by atoms with Gasteiger partial charge in [0.15, 0.2) is 6.61 Å². The standard InChI is InChI=1S/C28H33F3N2O8/c1-15(2)33-22(17-6-10-19(11-7-17)39-14-28(29,30)31)20(12-16-4-8-18(38-3)9-5-16)26(32-33)41-27-25(37)24(36)23(35)21(13-34)40-27/h4-11,15,21,23-25,27,34-37H,12-14H2,1-3H3/t21-,23-,24+,25-,27+/m1/s1. The zero-order valence-corrected chi connectivity index (χ0v) is 22.7. The first-order valence-electron chi connectivity index (χ1n) is 12.9. The number of methoxy groups -OCH3 is 1. The van der Waals surface area contributed by atoms with E-state index in [1.165, 1.54) is 12.1 Å². The van der Waals surface area contributed by atoms with Crippen LogP contribution in [0.5, 0.6) is 17.4 Å². The number of aliphatic hydroxyl groups excluding tert-OH is 4. The van der Waals surface area contributed by atoms with Gasteiger partial charge in [-0.3, -0.25) is 4.68 Å². The van der Waals surface area contributed by atoms with Crippen molar-refractivity contribution in [1.29, 1.82) is 0 Å². The molecule has 224 valence electrons. The summed E-state index contributed by atoms with van der Waals surface area (Å²) in [4.78, 5) is 0. The number of hydrogen-bond acceptors (Lipinski definition) is 9. The zero-order valence-electron chi connectivity index (χ0n) is 22.7. The van der Waals surface area contributed by atoms with E-state index in [1.807, 2.05) is 26.0 Å². The largest absolute Gasteiger partial charge is 0.497 e. The lowest BCUT2D eigenvalue weighted by Gasteiger charge is -2.39. The number of aliphatic hydroxyl groups is 4. The Morgan fingerprint density at radius 1 is 0.951 bits per heavy atom. The van der Waals surface area contributed by atoms with E-state index in [4.69, 9.17) is 18.9 Å². The molecule has 1 saturated heterocycles. The van der Waals surface area contributed by atoms with Gasteiger partial charge in [-0.15, -0.1) is 5.10 Å². The molecule has 1 aliphatic heterocycles.